The van der Waals surface area contributed by atoms with Gasteiger partial charge in [0.05, 0.1) is 21.9 Å². The fourth-order valence-electron chi connectivity index (χ4n) is 2.60. The van der Waals surface area contributed by atoms with Crippen molar-refractivity contribution in [2.24, 2.45) is 21.7 Å². The molecule has 0 aliphatic carbocycles. The lowest BCUT2D eigenvalue weighted by atomic mass is 10.1. The summed E-state index contributed by atoms with van der Waals surface area (Å²) in [4.78, 5) is 17.1. The molecule has 0 radical (unpaired) electrons. The minimum absolute atomic E-state index is 0.0549. The van der Waals surface area contributed by atoms with Gasteiger partial charge in [-0.1, -0.05) is 36.5 Å². The Labute approximate surface area is 173 Å². The van der Waals surface area contributed by atoms with Gasteiger partial charge < -0.3 is 11.5 Å². The summed E-state index contributed by atoms with van der Waals surface area (Å²) < 4.78 is 1.83. The monoisotopic (exact) mass is 439 g/mol. The molecule has 2 heterocycles. The predicted molar refractivity (Wildman–Crippen MR) is 113 cm³/mol. The Hall–Kier alpha value is -2.69. The standard InChI is InChI=1S/C16H15Cl2N7O2S/c1-2-3-8-7-24-13(6-21-23-15(19)20)14(22-16(24)28-8)9-4-12(25(26)27)11(18)5-10(9)17/h4-7H,2-3H2,1H3,(H4,19,20,23)/b21-6+. The van der Waals surface area contributed by atoms with Crippen molar-refractivity contribution in [3.63, 3.8) is 0 Å². The number of halogens is 2. The van der Waals surface area contributed by atoms with Crippen LogP contribution in [0.4, 0.5) is 5.69 Å². The van der Waals surface area contributed by atoms with Crippen LogP contribution < -0.4 is 11.5 Å². The third-order valence-corrected chi connectivity index (χ3v) is 5.41. The number of aromatic nitrogens is 2. The summed E-state index contributed by atoms with van der Waals surface area (Å²) in [5, 5.41) is 18.9. The van der Waals surface area contributed by atoms with Gasteiger partial charge in [0.1, 0.15) is 10.7 Å². The quantitative estimate of drug-likeness (QED) is 0.260. The molecule has 2 aromatic heterocycles. The molecule has 0 aliphatic heterocycles. The first-order chi connectivity index (χ1) is 13.3. The van der Waals surface area contributed by atoms with Crippen LogP contribution in [-0.4, -0.2) is 26.5 Å². The SMILES string of the molecule is CCCc1cn2c(/C=N/N=C(N)N)c(-c3cc([N+](=O)[O-])c(Cl)cc3Cl)nc2s1. The number of nitrogens with two attached hydrogens (primary N) is 2. The normalized spacial score (nSPS) is 11.4. The molecule has 4 N–H and O–H groups in total. The van der Waals surface area contributed by atoms with Crippen molar-refractivity contribution >= 4 is 57.4 Å². The topological polar surface area (TPSA) is 137 Å². The summed E-state index contributed by atoms with van der Waals surface area (Å²) in [5.41, 5.74) is 11.7. The maximum atomic E-state index is 11.3. The summed E-state index contributed by atoms with van der Waals surface area (Å²) in [6.07, 6.45) is 5.26. The van der Waals surface area contributed by atoms with Crippen LogP contribution in [0.15, 0.2) is 28.5 Å². The zero-order valence-electron chi connectivity index (χ0n) is 14.6. The van der Waals surface area contributed by atoms with E-state index in [2.05, 4.69) is 22.1 Å². The first-order valence-corrected chi connectivity index (χ1v) is 9.65. The molecule has 1 aromatic carbocycles. The zero-order chi connectivity index (χ0) is 20.4. The number of benzene rings is 1. The van der Waals surface area contributed by atoms with Crippen molar-refractivity contribution in [2.45, 2.75) is 19.8 Å². The molecule has 3 rings (SSSR count). The highest BCUT2D eigenvalue weighted by Gasteiger charge is 2.22. The Morgan fingerprint density at radius 3 is 2.79 bits per heavy atom. The summed E-state index contributed by atoms with van der Waals surface area (Å²) in [6.45, 7) is 2.08. The fourth-order valence-corrected chi connectivity index (χ4v) is 4.23. The fraction of sp³-hybridized carbons (Fsp3) is 0.188. The van der Waals surface area contributed by atoms with Gasteiger partial charge in [-0.2, -0.15) is 5.10 Å². The number of aryl methyl sites for hydroxylation is 1. The summed E-state index contributed by atoms with van der Waals surface area (Å²) in [5.74, 6) is -0.198. The summed E-state index contributed by atoms with van der Waals surface area (Å²) in [7, 11) is 0. The van der Waals surface area contributed by atoms with Crippen LogP contribution in [0, 0.1) is 10.1 Å². The maximum absolute atomic E-state index is 11.3. The number of imidazole rings is 1. The average molecular weight is 440 g/mol. The Bertz CT molecular complexity index is 1120. The van der Waals surface area contributed by atoms with Crippen LogP contribution in [0.1, 0.15) is 23.9 Å². The summed E-state index contributed by atoms with van der Waals surface area (Å²) in [6, 6.07) is 2.62. The third kappa shape index (κ3) is 3.93. The van der Waals surface area contributed by atoms with Crippen LogP contribution in [-0.2, 0) is 6.42 Å². The van der Waals surface area contributed by atoms with E-state index in [4.69, 9.17) is 34.7 Å². The van der Waals surface area contributed by atoms with Gasteiger partial charge in [0.15, 0.2) is 4.96 Å². The average Bonchev–Trinajstić information content (AvgIpc) is 3.13. The number of thiazole rings is 1. The smallest absolute Gasteiger partial charge is 0.288 e. The molecule has 0 spiro atoms. The Morgan fingerprint density at radius 2 is 2.14 bits per heavy atom. The van der Waals surface area contributed by atoms with Crippen LogP contribution in [0.2, 0.25) is 10.0 Å². The van der Waals surface area contributed by atoms with E-state index in [-0.39, 0.29) is 21.7 Å². The first-order valence-electron chi connectivity index (χ1n) is 8.08. The highest BCUT2D eigenvalue weighted by atomic mass is 35.5. The van der Waals surface area contributed by atoms with E-state index in [1.807, 2.05) is 10.6 Å². The highest BCUT2D eigenvalue weighted by Crippen LogP contribution is 2.38. The Balaban J connectivity index is 2.24. The highest BCUT2D eigenvalue weighted by molar-refractivity contribution is 7.17. The Morgan fingerprint density at radius 1 is 1.39 bits per heavy atom. The van der Waals surface area contributed by atoms with Gasteiger partial charge in [0, 0.05) is 22.7 Å². The Kier molecular flexibility index (Phi) is 5.82. The van der Waals surface area contributed by atoms with Gasteiger partial charge in [-0.15, -0.1) is 16.4 Å². The zero-order valence-corrected chi connectivity index (χ0v) is 16.9. The molecular weight excluding hydrogens is 425 g/mol. The van der Waals surface area contributed by atoms with E-state index in [1.165, 1.54) is 29.7 Å². The number of nitrogens with zero attached hydrogens (tertiary/aromatic N) is 5. The van der Waals surface area contributed by atoms with Gasteiger partial charge in [-0.3, -0.25) is 14.5 Å². The molecule has 0 amide bonds. The molecule has 3 aromatic rings. The van der Waals surface area contributed by atoms with Gasteiger partial charge in [0.2, 0.25) is 5.96 Å². The summed E-state index contributed by atoms with van der Waals surface area (Å²) >= 11 is 13.8. The lowest BCUT2D eigenvalue weighted by molar-refractivity contribution is -0.384. The molecule has 0 bridgehead atoms. The van der Waals surface area contributed by atoms with Crippen molar-refractivity contribution in [1.29, 1.82) is 0 Å². The maximum Gasteiger partial charge on any atom is 0.288 e. The number of fused-ring (bicyclic) bond motifs is 1. The van der Waals surface area contributed by atoms with Gasteiger partial charge in [-0.25, -0.2) is 4.98 Å². The van der Waals surface area contributed by atoms with Crippen molar-refractivity contribution in [2.75, 3.05) is 0 Å². The van der Waals surface area contributed by atoms with E-state index >= 15 is 0 Å². The molecule has 0 saturated carbocycles. The van der Waals surface area contributed by atoms with Crippen molar-refractivity contribution in [3.8, 4) is 11.3 Å². The molecular formula is C16H15Cl2N7O2S. The molecule has 146 valence electrons. The molecule has 0 unspecified atom stereocenters. The van der Waals surface area contributed by atoms with Crippen LogP contribution in [0.3, 0.4) is 0 Å². The predicted octanol–water partition coefficient (Wildman–Crippen LogP) is 3.84. The van der Waals surface area contributed by atoms with Gasteiger partial charge in [-0.05, 0) is 12.5 Å². The molecule has 0 atom stereocenters. The molecule has 9 nitrogen and oxygen atoms in total. The number of hydrogen-bond acceptors (Lipinski definition) is 6. The second-order valence-corrected chi connectivity index (χ2v) is 7.66. The largest absolute Gasteiger partial charge is 0.369 e. The minimum Gasteiger partial charge on any atom is -0.369 e. The van der Waals surface area contributed by atoms with Crippen LogP contribution in [0.5, 0.6) is 0 Å². The van der Waals surface area contributed by atoms with Gasteiger partial charge >= 0.3 is 0 Å². The van der Waals surface area contributed by atoms with Gasteiger partial charge in [0.25, 0.3) is 5.69 Å². The van der Waals surface area contributed by atoms with E-state index in [1.54, 1.807) is 0 Å². The lowest BCUT2D eigenvalue weighted by Gasteiger charge is -2.04. The minimum atomic E-state index is -0.576. The lowest BCUT2D eigenvalue weighted by Crippen LogP contribution is -2.21. The molecule has 12 heteroatoms. The number of nitro groups is 1. The van der Waals surface area contributed by atoms with E-state index in [0.29, 0.717) is 21.9 Å². The van der Waals surface area contributed by atoms with Crippen molar-refractivity contribution < 1.29 is 4.92 Å². The van der Waals surface area contributed by atoms with Crippen LogP contribution >= 0.6 is 34.5 Å². The van der Waals surface area contributed by atoms with E-state index in [0.717, 1.165) is 17.7 Å². The second kappa shape index (κ2) is 8.13. The van der Waals surface area contributed by atoms with E-state index in [9.17, 15) is 10.1 Å². The van der Waals surface area contributed by atoms with Crippen LogP contribution in [0.25, 0.3) is 16.2 Å². The van der Waals surface area contributed by atoms with Crippen molar-refractivity contribution in [1.82, 2.24) is 9.38 Å². The number of nitro benzene ring substituents is 1. The molecule has 28 heavy (non-hydrogen) atoms. The number of guanidine groups is 1. The molecule has 0 aliphatic rings. The third-order valence-electron chi connectivity index (χ3n) is 3.75. The van der Waals surface area contributed by atoms with Crippen molar-refractivity contribution in [3.05, 3.63) is 49.1 Å². The molecule has 0 fully saturated rings. The number of hydrogen-bond donors (Lipinski definition) is 2. The number of rotatable bonds is 6. The second-order valence-electron chi connectivity index (χ2n) is 5.76. The van der Waals surface area contributed by atoms with E-state index < -0.39 is 4.92 Å². The first kappa shape index (κ1) is 20.1. The molecule has 0 saturated heterocycles.